The Kier molecular flexibility index (Phi) is 3.29. The first-order valence-electron chi connectivity index (χ1n) is 4.02. The predicted octanol–water partition coefficient (Wildman–Crippen LogP) is 1.33. The number of nitro groups is 1. The van der Waals surface area contributed by atoms with Crippen molar-refractivity contribution >= 4 is 17.9 Å². The molecule has 0 heterocycles. The number of carbonyl (C=O) groups excluding carboxylic acids is 2. The van der Waals surface area contributed by atoms with Crippen molar-refractivity contribution in [3.63, 3.8) is 0 Å². The van der Waals surface area contributed by atoms with Crippen LogP contribution >= 0.6 is 0 Å². The average molecular weight is 227 g/mol. The molecular formula is C9H6FNO5. The van der Waals surface area contributed by atoms with Crippen molar-refractivity contribution in [1.82, 2.24) is 0 Å². The van der Waals surface area contributed by atoms with Crippen molar-refractivity contribution < 1.29 is 23.6 Å². The lowest BCUT2D eigenvalue weighted by molar-refractivity contribution is -0.385. The third-order valence-corrected chi connectivity index (χ3v) is 1.83. The highest BCUT2D eigenvalue weighted by atomic mass is 19.1. The number of aldehydes is 1. The highest BCUT2D eigenvalue weighted by Gasteiger charge is 2.26. The first-order valence-corrected chi connectivity index (χ1v) is 4.02. The number of methoxy groups -OCH3 is 1. The third kappa shape index (κ3) is 2.02. The van der Waals surface area contributed by atoms with E-state index in [1.165, 1.54) is 0 Å². The Morgan fingerprint density at radius 2 is 2.19 bits per heavy atom. The molecule has 0 saturated heterocycles. The molecule has 1 aromatic rings. The maximum atomic E-state index is 12.9. The lowest BCUT2D eigenvalue weighted by Gasteiger charge is -2.03. The molecule has 0 bridgehead atoms. The van der Waals surface area contributed by atoms with Crippen LogP contribution in [0.25, 0.3) is 0 Å². The summed E-state index contributed by atoms with van der Waals surface area (Å²) in [6.07, 6.45) is 0.155. The summed E-state index contributed by atoms with van der Waals surface area (Å²) in [5.74, 6) is -2.03. The maximum Gasteiger partial charge on any atom is 0.345 e. The van der Waals surface area contributed by atoms with E-state index in [2.05, 4.69) is 4.74 Å². The molecular weight excluding hydrogens is 221 g/mol. The topological polar surface area (TPSA) is 86.5 Å². The minimum absolute atomic E-state index is 0.155. The van der Waals surface area contributed by atoms with Crippen molar-refractivity contribution in [3.8, 4) is 0 Å². The fourth-order valence-corrected chi connectivity index (χ4v) is 1.17. The second-order valence-electron chi connectivity index (χ2n) is 2.76. The number of benzene rings is 1. The highest BCUT2D eigenvalue weighted by molar-refractivity contribution is 6.01. The molecule has 0 N–H and O–H groups in total. The molecule has 0 aromatic heterocycles. The fraction of sp³-hybridized carbons (Fsp3) is 0.111. The van der Waals surface area contributed by atoms with Gasteiger partial charge in [-0.15, -0.1) is 0 Å². The van der Waals surface area contributed by atoms with Gasteiger partial charge in [0.1, 0.15) is 11.4 Å². The Morgan fingerprint density at radius 3 is 2.62 bits per heavy atom. The van der Waals surface area contributed by atoms with Gasteiger partial charge in [0.2, 0.25) is 0 Å². The van der Waals surface area contributed by atoms with Crippen LogP contribution in [0, 0.1) is 15.9 Å². The smallest absolute Gasteiger partial charge is 0.345 e. The molecule has 16 heavy (non-hydrogen) atoms. The van der Waals surface area contributed by atoms with Crippen LogP contribution in [0.1, 0.15) is 20.7 Å². The number of hydrogen-bond acceptors (Lipinski definition) is 5. The van der Waals surface area contributed by atoms with E-state index in [-0.39, 0.29) is 6.29 Å². The van der Waals surface area contributed by atoms with E-state index in [1.54, 1.807) is 0 Å². The van der Waals surface area contributed by atoms with Crippen LogP contribution in [-0.4, -0.2) is 24.3 Å². The molecule has 84 valence electrons. The van der Waals surface area contributed by atoms with Crippen LogP contribution in [0.2, 0.25) is 0 Å². The van der Waals surface area contributed by atoms with Gasteiger partial charge >= 0.3 is 5.97 Å². The number of nitro benzene ring substituents is 1. The number of carbonyl (C=O) groups is 2. The number of nitrogens with zero attached hydrogens (tertiary/aromatic N) is 1. The molecule has 0 amide bonds. The van der Waals surface area contributed by atoms with E-state index in [9.17, 15) is 24.1 Å². The molecule has 0 spiro atoms. The Hall–Kier alpha value is -2.31. The average Bonchev–Trinajstić information content (AvgIpc) is 2.26. The Bertz CT molecular complexity index is 471. The summed E-state index contributed by atoms with van der Waals surface area (Å²) in [6.45, 7) is 0. The standard InChI is InChI=1S/C9H6FNO5/c1-16-9(13)8-5(4-12)2-6(10)3-7(8)11(14)15/h2-4H,1H3. The first kappa shape index (κ1) is 11.8. The normalized spacial score (nSPS) is 9.62. The van der Waals surface area contributed by atoms with Gasteiger partial charge in [-0.2, -0.15) is 0 Å². The van der Waals surface area contributed by atoms with Crippen LogP contribution in [-0.2, 0) is 4.74 Å². The number of ether oxygens (including phenoxy) is 1. The predicted molar refractivity (Wildman–Crippen MR) is 49.8 cm³/mol. The minimum Gasteiger partial charge on any atom is -0.465 e. The lowest BCUT2D eigenvalue weighted by Crippen LogP contribution is -2.10. The van der Waals surface area contributed by atoms with Gasteiger partial charge in [0, 0.05) is 5.56 Å². The molecule has 1 aromatic carbocycles. The van der Waals surface area contributed by atoms with Gasteiger partial charge in [0.05, 0.1) is 18.1 Å². The zero-order chi connectivity index (χ0) is 12.3. The van der Waals surface area contributed by atoms with E-state index in [0.29, 0.717) is 6.07 Å². The first-order chi connectivity index (χ1) is 7.51. The second-order valence-corrected chi connectivity index (χ2v) is 2.76. The van der Waals surface area contributed by atoms with Crippen LogP contribution in [0.4, 0.5) is 10.1 Å². The van der Waals surface area contributed by atoms with Crippen LogP contribution in [0.3, 0.4) is 0 Å². The van der Waals surface area contributed by atoms with Gasteiger partial charge < -0.3 is 4.74 Å². The number of hydrogen-bond donors (Lipinski definition) is 0. The summed E-state index contributed by atoms with van der Waals surface area (Å²) in [5.41, 5.74) is -1.77. The van der Waals surface area contributed by atoms with Crippen LogP contribution in [0.5, 0.6) is 0 Å². The molecule has 0 saturated carbocycles. The molecule has 0 atom stereocenters. The van der Waals surface area contributed by atoms with Crippen molar-refractivity contribution in [2.45, 2.75) is 0 Å². The zero-order valence-electron chi connectivity index (χ0n) is 8.10. The number of esters is 1. The minimum atomic E-state index is -1.06. The fourth-order valence-electron chi connectivity index (χ4n) is 1.17. The third-order valence-electron chi connectivity index (χ3n) is 1.83. The summed E-state index contributed by atoms with van der Waals surface area (Å²) < 4.78 is 17.2. The van der Waals surface area contributed by atoms with E-state index >= 15 is 0 Å². The zero-order valence-corrected chi connectivity index (χ0v) is 8.10. The van der Waals surface area contributed by atoms with Gasteiger partial charge in [-0.05, 0) is 6.07 Å². The molecule has 0 unspecified atom stereocenters. The van der Waals surface area contributed by atoms with Gasteiger partial charge in [-0.25, -0.2) is 9.18 Å². The summed E-state index contributed by atoms with van der Waals surface area (Å²) >= 11 is 0. The molecule has 0 aliphatic heterocycles. The highest BCUT2D eigenvalue weighted by Crippen LogP contribution is 2.24. The van der Waals surface area contributed by atoms with Crippen molar-refractivity contribution in [3.05, 3.63) is 39.2 Å². The van der Waals surface area contributed by atoms with E-state index in [1.807, 2.05) is 0 Å². The summed E-state index contributed by atoms with van der Waals surface area (Å²) in [4.78, 5) is 31.4. The maximum absolute atomic E-state index is 12.9. The SMILES string of the molecule is COC(=O)c1c(C=O)cc(F)cc1[N+](=O)[O-]. The quantitative estimate of drug-likeness (QED) is 0.336. The van der Waals surface area contributed by atoms with Gasteiger partial charge in [-0.3, -0.25) is 14.9 Å². The van der Waals surface area contributed by atoms with Gasteiger partial charge in [0.15, 0.2) is 6.29 Å². The second kappa shape index (κ2) is 4.47. The number of rotatable bonds is 3. The molecule has 7 heteroatoms. The molecule has 0 aliphatic carbocycles. The Balaban J connectivity index is 3.57. The Morgan fingerprint density at radius 1 is 1.56 bits per heavy atom. The molecule has 6 nitrogen and oxygen atoms in total. The Labute approximate surface area is 88.8 Å². The van der Waals surface area contributed by atoms with Crippen LogP contribution in [0.15, 0.2) is 12.1 Å². The summed E-state index contributed by atoms with van der Waals surface area (Å²) in [5, 5.41) is 10.6. The summed E-state index contributed by atoms with van der Waals surface area (Å²) in [7, 11) is 1.00. The van der Waals surface area contributed by atoms with E-state index in [0.717, 1.165) is 13.2 Å². The van der Waals surface area contributed by atoms with Crippen molar-refractivity contribution in [2.75, 3.05) is 7.11 Å². The number of halogens is 1. The monoisotopic (exact) mass is 227 g/mol. The molecule has 0 fully saturated rings. The van der Waals surface area contributed by atoms with Gasteiger partial charge in [-0.1, -0.05) is 0 Å². The van der Waals surface area contributed by atoms with E-state index < -0.39 is 33.5 Å². The molecule has 1 rings (SSSR count). The lowest BCUT2D eigenvalue weighted by atomic mass is 10.1. The van der Waals surface area contributed by atoms with E-state index in [4.69, 9.17) is 0 Å². The van der Waals surface area contributed by atoms with Gasteiger partial charge in [0.25, 0.3) is 5.69 Å². The molecule has 0 aliphatic rings. The van der Waals surface area contributed by atoms with Crippen molar-refractivity contribution in [1.29, 1.82) is 0 Å². The summed E-state index contributed by atoms with van der Waals surface area (Å²) in [6, 6.07) is 1.28. The van der Waals surface area contributed by atoms with Crippen molar-refractivity contribution in [2.24, 2.45) is 0 Å². The van der Waals surface area contributed by atoms with Crippen LogP contribution < -0.4 is 0 Å². The largest absolute Gasteiger partial charge is 0.465 e. The molecule has 0 radical (unpaired) electrons.